The molecule has 13 heteroatoms. The Morgan fingerprint density at radius 1 is 1.02 bits per heavy atom. The van der Waals surface area contributed by atoms with E-state index in [9.17, 15) is 14.4 Å². The number of benzene rings is 1. The molecule has 4 rings (SSSR count). The van der Waals surface area contributed by atoms with Crippen LogP contribution in [0.3, 0.4) is 0 Å². The van der Waals surface area contributed by atoms with Crippen molar-refractivity contribution >= 4 is 29.4 Å². The summed E-state index contributed by atoms with van der Waals surface area (Å²) in [5.41, 5.74) is 3.69. The number of morpholine rings is 1. The molecular formula is C32H43N7O5S. The van der Waals surface area contributed by atoms with Crippen LogP contribution in [-0.2, 0) is 33.8 Å². The first-order valence-electron chi connectivity index (χ1n) is 15.3. The number of carbonyl (C=O) groups is 3. The lowest BCUT2D eigenvalue weighted by Gasteiger charge is -2.29. The molecule has 2 unspecified atom stereocenters. The van der Waals surface area contributed by atoms with E-state index in [1.54, 1.807) is 36.0 Å². The molecule has 1 saturated heterocycles. The zero-order chi connectivity index (χ0) is 31.7. The molecule has 0 radical (unpaired) electrons. The number of hydrogen-bond acceptors (Lipinski definition) is 9. The molecule has 242 valence electrons. The summed E-state index contributed by atoms with van der Waals surface area (Å²) >= 11 is 1.43. The summed E-state index contributed by atoms with van der Waals surface area (Å²) < 4.78 is 10.8. The van der Waals surface area contributed by atoms with Crippen LogP contribution in [-0.4, -0.2) is 96.3 Å². The highest BCUT2D eigenvalue weighted by atomic mass is 32.1. The molecule has 2 aromatic heterocycles. The van der Waals surface area contributed by atoms with Crippen molar-refractivity contribution in [3.8, 4) is 0 Å². The van der Waals surface area contributed by atoms with Crippen LogP contribution in [0.4, 0.5) is 9.59 Å². The van der Waals surface area contributed by atoms with Crippen LogP contribution >= 0.6 is 11.3 Å². The van der Waals surface area contributed by atoms with Crippen molar-refractivity contribution in [1.29, 1.82) is 0 Å². The largest absolute Gasteiger partial charge is 0.444 e. The molecule has 45 heavy (non-hydrogen) atoms. The van der Waals surface area contributed by atoms with E-state index in [4.69, 9.17) is 9.47 Å². The lowest BCUT2D eigenvalue weighted by atomic mass is 10.0. The molecule has 0 saturated carbocycles. The number of amides is 4. The first kappa shape index (κ1) is 33.8. The van der Waals surface area contributed by atoms with Gasteiger partial charge in [0.2, 0.25) is 5.91 Å². The topological polar surface area (TPSA) is 138 Å². The molecular weight excluding hydrogens is 594 g/mol. The fraction of sp³-hybridized carbons (Fsp3) is 0.469. The summed E-state index contributed by atoms with van der Waals surface area (Å²) in [5, 5.41) is 8.92. The molecule has 1 aliphatic rings. The number of nitrogens with one attached hydrogen (secondary N) is 3. The molecule has 3 aromatic rings. The van der Waals surface area contributed by atoms with Crippen molar-refractivity contribution in [2.75, 3.05) is 46.4 Å². The number of nitrogens with zero attached hydrogens (tertiary/aromatic N) is 4. The van der Waals surface area contributed by atoms with Crippen LogP contribution in [0.2, 0.25) is 0 Å². The van der Waals surface area contributed by atoms with Gasteiger partial charge in [0.15, 0.2) is 0 Å². The number of thiazole rings is 1. The van der Waals surface area contributed by atoms with E-state index >= 15 is 0 Å². The summed E-state index contributed by atoms with van der Waals surface area (Å²) in [6.45, 7) is 4.52. The predicted octanol–water partition coefficient (Wildman–Crippen LogP) is 3.20. The number of rotatable bonds is 16. The zero-order valence-corrected chi connectivity index (χ0v) is 26.5. The molecule has 3 N–H and O–H groups in total. The summed E-state index contributed by atoms with van der Waals surface area (Å²) in [6, 6.07) is 12.4. The first-order valence-corrected chi connectivity index (χ1v) is 16.2. The molecule has 1 fully saturated rings. The third-order valence-electron chi connectivity index (χ3n) is 7.45. The maximum atomic E-state index is 13.4. The maximum absolute atomic E-state index is 13.4. The Morgan fingerprint density at radius 2 is 1.82 bits per heavy atom. The van der Waals surface area contributed by atoms with Gasteiger partial charge in [0.05, 0.1) is 23.6 Å². The van der Waals surface area contributed by atoms with Gasteiger partial charge in [-0.15, -0.1) is 11.3 Å². The Hall–Kier alpha value is -4.07. The minimum Gasteiger partial charge on any atom is -0.444 e. The molecule has 1 aliphatic heterocycles. The number of pyridine rings is 1. The van der Waals surface area contributed by atoms with Crippen molar-refractivity contribution in [2.24, 2.45) is 0 Å². The monoisotopic (exact) mass is 637 g/mol. The zero-order valence-electron chi connectivity index (χ0n) is 25.7. The van der Waals surface area contributed by atoms with Gasteiger partial charge in [-0.05, 0) is 42.9 Å². The maximum Gasteiger partial charge on any atom is 0.407 e. The fourth-order valence-electron chi connectivity index (χ4n) is 4.97. The van der Waals surface area contributed by atoms with Crippen LogP contribution in [0.15, 0.2) is 66.6 Å². The van der Waals surface area contributed by atoms with Gasteiger partial charge in [-0.2, -0.15) is 0 Å². The Bertz CT molecular complexity index is 1290. The number of carbonyl (C=O) groups excluding carboxylic acids is 3. The third-order valence-corrected chi connectivity index (χ3v) is 8.20. The van der Waals surface area contributed by atoms with E-state index in [-0.39, 0.29) is 24.6 Å². The van der Waals surface area contributed by atoms with E-state index < -0.39 is 12.1 Å². The van der Waals surface area contributed by atoms with Crippen molar-refractivity contribution in [3.63, 3.8) is 0 Å². The van der Waals surface area contributed by atoms with Crippen LogP contribution in [0.5, 0.6) is 0 Å². The lowest BCUT2D eigenvalue weighted by Crippen LogP contribution is -2.52. The minimum atomic E-state index is -0.698. The van der Waals surface area contributed by atoms with Gasteiger partial charge in [0.25, 0.3) is 0 Å². The number of hydrogen-bond donors (Lipinski definition) is 3. The van der Waals surface area contributed by atoms with E-state index in [0.29, 0.717) is 58.5 Å². The van der Waals surface area contributed by atoms with E-state index in [1.165, 1.54) is 11.3 Å². The van der Waals surface area contributed by atoms with Gasteiger partial charge in [0, 0.05) is 64.4 Å². The summed E-state index contributed by atoms with van der Waals surface area (Å²) in [5.74, 6) is -0.233. The highest BCUT2D eigenvalue weighted by molar-refractivity contribution is 7.09. The van der Waals surface area contributed by atoms with Gasteiger partial charge in [0.1, 0.15) is 12.6 Å². The predicted molar refractivity (Wildman–Crippen MR) is 172 cm³/mol. The minimum absolute atomic E-state index is 0.166. The summed E-state index contributed by atoms with van der Waals surface area (Å²) in [7, 11) is 1.70. The van der Waals surface area contributed by atoms with Crippen LogP contribution in [0.1, 0.15) is 35.3 Å². The second-order valence-electron chi connectivity index (χ2n) is 11.0. The molecule has 3 heterocycles. The van der Waals surface area contributed by atoms with Gasteiger partial charge < -0.3 is 30.3 Å². The van der Waals surface area contributed by atoms with Crippen molar-refractivity contribution in [3.05, 3.63) is 82.6 Å². The molecule has 1 aromatic carbocycles. The Balaban J connectivity index is 1.29. The molecule has 2 atom stereocenters. The number of alkyl carbamates (subject to hydrolysis) is 1. The standard InChI is InChI=1S/C32H43N7O5S/c1-38(22-26-9-5-12-33-20-26)31(41)37-29(11-14-39-15-17-43-18-16-39)30(40)35-13-6-10-27(19-25-7-3-2-4-8-25)36-32(42)44-23-28-21-34-24-45-28/h2-5,7-9,12,20-21,24,27,29H,6,10-11,13-19,22-23H2,1H3,(H,35,40)(H,36,42)(H,37,41). The Morgan fingerprint density at radius 3 is 2.56 bits per heavy atom. The van der Waals surface area contributed by atoms with E-state index in [2.05, 4.69) is 30.8 Å². The van der Waals surface area contributed by atoms with Crippen molar-refractivity contribution in [1.82, 2.24) is 35.7 Å². The van der Waals surface area contributed by atoms with Crippen molar-refractivity contribution in [2.45, 2.75) is 50.9 Å². The highest BCUT2D eigenvalue weighted by Gasteiger charge is 2.24. The summed E-state index contributed by atoms with van der Waals surface area (Å²) in [6.07, 6.45) is 6.95. The van der Waals surface area contributed by atoms with Gasteiger partial charge >= 0.3 is 12.1 Å². The van der Waals surface area contributed by atoms with Gasteiger partial charge in [-0.1, -0.05) is 36.4 Å². The van der Waals surface area contributed by atoms with Crippen LogP contribution in [0, 0.1) is 0 Å². The summed E-state index contributed by atoms with van der Waals surface area (Å²) in [4.78, 5) is 51.7. The normalized spacial score (nSPS) is 14.6. The fourth-order valence-corrected chi connectivity index (χ4v) is 5.47. The SMILES string of the molecule is CN(Cc1cccnc1)C(=O)NC(CCN1CCOCC1)C(=O)NCCCC(Cc1ccccc1)NC(=O)OCc1cncs1. The Labute approximate surface area is 268 Å². The second-order valence-corrected chi connectivity index (χ2v) is 11.9. The smallest absolute Gasteiger partial charge is 0.407 e. The first-order chi connectivity index (χ1) is 22.0. The second kappa shape index (κ2) is 18.7. The highest BCUT2D eigenvalue weighted by Crippen LogP contribution is 2.11. The molecule has 12 nitrogen and oxygen atoms in total. The lowest BCUT2D eigenvalue weighted by molar-refractivity contribution is -0.123. The van der Waals surface area contributed by atoms with Crippen LogP contribution in [0.25, 0.3) is 0 Å². The Kier molecular flexibility index (Phi) is 14.0. The van der Waals surface area contributed by atoms with Gasteiger partial charge in [-0.3, -0.25) is 19.7 Å². The van der Waals surface area contributed by atoms with Gasteiger partial charge in [-0.25, -0.2) is 9.59 Å². The third kappa shape index (κ3) is 12.4. The molecule has 0 bridgehead atoms. The van der Waals surface area contributed by atoms with E-state index in [0.717, 1.165) is 29.1 Å². The van der Waals surface area contributed by atoms with Crippen LogP contribution < -0.4 is 16.0 Å². The molecule has 0 spiro atoms. The molecule has 0 aliphatic carbocycles. The number of urea groups is 1. The average Bonchev–Trinajstić information content (AvgIpc) is 3.59. The molecule has 4 amide bonds. The number of ether oxygens (including phenoxy) is 2. The average molecular weight is 638 g/mol. The van der Waals surface area contributed by atoms with E-state index in [1.807, 2.05) is 42.5 Å². The van der Waals surface area contributed by atoms with Crippen molar-refractivity contribution < 1.29 is 23.9 Å². The number of aromatic nitrogens is 2. The quantitative estimate of drug-likeness (QED) is 0.204.